The van der Waals surface area contributed by atoms with Gasteiger partial charge < -0.3 is 5.11 Å². The van der Waals surface area contributed by atoms with Gasteiger partial charge in [0.1, 0.15) is 5.75 Å². The number of thiazole rings is 1. The summed E-state index contributed by atoms with van der Waals surface area (Å²) in [5, 5.41) is 15.4. The lowest BCUT2D eigenvalue weighted by Gasteiger charge is -2.27. The average molecular weight is 448 g/mol. The maximum absolute atomic E-state index is 13.1. The predicted octanol–water partition coefficient (Wildman–Crippen LogP) is 4.97. The van der Waals surface area contributed by atoms with Crippen molar-refractivity contribution in [2.75, 3.05) is 0 Å². The van der Waals surface area contributed by atoms with Gasteiger partial charge in [0.15, 0.2) is 5.82 Å². The zero-order valence-corrected chi connectivity index (χ0v) is 20.5. The molecule has 0 bridgehead atoms. The van der Waals surface area contributed by atoms with Gasteiger partial charge in [0.25, 0.3) is 5.56 Å². The Morgan fingerprint density at radius 2 is 1.59 bits per heavy atom. The second-order valence-corrected chi connectivity index (χ2v) is 11.3. The molecular formula is C26H29N3O2S. The first-order valence-electron chi connectivity index (χ1n) is 10.7. The Kier molecular flexibility index (Phi) is 5.24. The lowest BCUT2D eigenvalue weighted by molar-refractivity contribution is 0.423. The summed E-state index contributed by atoms with van der Waals surface area (Å²) in [5.74, 6) is 0.891. The van der Waals surface area contributed by atoms with Crippen LogP contribution in [0.2, 0.25) is 0 Å². The minimum Gasteiger partial charge on any atom is -0.507 e. The molecule has 2 aromatic heterocycles. The summed E-state index contributed by atoms with van der Waals surface area (Å²) in [6.45, 7) is 14.5. The Morgan fingerprint density at radius 1 is 1.00 bits per heavy atom. The topological polar surface area (TPSA) is 67.5 Å². The minimum atomic E-state index is -0.234. The van der Waals surface area contributed by atoms with Crippen LogP contribution in [0.5, 0.6) is 5.75 Å². The van der Waals surface area contributed by atoms with Gasteiger partial charge in [-0.2, -0.15) is 9.50 Å². The Hall–Kier alpha value is -2.99. The number of nitrogens with zero attached hydrogens (tertiary/aromatic N) is 3. The fraction of sp³-hybridized carbons (Fsp3) is 0.346. The van der Waals surface area contributed by atoms with E-state index in [4.69, 9.17) is 0 Å². The van der Waals surface area contributed by atoms with Crippen molar-refractivity contribution in [3.63, 3.8) is 0 Å². The Morgan fingerprint density at radius 3 is 2.12 bits per heavy atom. The van der Waals surface area contributed by atoms with E-state index in [-0.39, 0.29) is 16.4 Å². The van der Waals surface area contributed by atoms with E-state index in [1.165, 1.54) is 15.9 Å². The molecule has 2 aromatic carbocycles. The molecule has 32 heavy (non-hydrogen) atoms. The zero-order valence-electron chi connectivity index (χ0n) is 19.6. The summed E-state index contributed by atoms with van der Waals surface area (Å²) in [4.78, 5) is 18.3. The van der Waals surface area contributed by atoms with Crippen LogP contribution in [0, 0.1) is 6.92 Å². The summed E-state index contributed by atoms with van der Waals surface area (Å²) < 4.78 is 1.95. The van der Waals surface area contributed by atoms with Gasteiger partial charge in [-0.15, -0.1) is 5.10 Å². The van der Waals surface area contributed by atoms with Crippen LogP contribution in [0.1, 0.15) is 63.8 Å². The molecular weight excluding hydrogens is 418 g/mol. The quantitative estimate of drug-likeness (QED) is 0.471. The van der Waals surface area contributed by atoms with Gasteiger partial charge >= 0.3 is 0 Å². The normalized spacial score (nSPS) is 13.3. The maximum Gasteiger partial charge on any atom is 0.291 e. The van der Waals surface area contributed by atoms with Gasteiger partial charge in [0, 0.05) is 16.7 Å². The number of hydrogen-bond donors (Lipinski definition) is 1. The van der Waals surface area contributed by atoms with Crippen molar-refractivity contribution in [1.82, 2.24) is 14.6 Å². The van der Waals surface area contributed by atoms with Crippen molar-refractivity contribution in [2.24, 2.45) is 0 Å². The average Bonchev–Trinajstić information content (AvgIpc) is 3.21. The number of benzene rings is 2. The van der Waals surface area contributed by atoms with Gasteiger partial charge in [0.05, 0.1) is 4.53 Å². The van der Waals surface area contributed by atoms with Crippen molar-refractivity contribution in [3.8, 4) is 17.1 Å². The van der Waals surface area contributed by atoms with E-state index in [1.54, 1.807) is 0 Å². The van der Waals surface area contributed by atoms with Crippen LogP contribution in [0.15, 0.2) is 41.2 Å². The molecule has 0 aliphatic carbocycles. The molecule has 6 heteroatoms. The van der Waals surface area contributed by atoms with Crippen LogP contribution in [-0.4, -0.2) is 19.7 Å². The summed E-state index contributed by atoms with van der Waals surface area (Å²) >= 11 is 1.33. The first-order valence-corrected chi connectivity index (χ1v) is 11.5. The molecule has 0 saturated heterocycles. The van der Waals surface area contributed by atoms with Crippen LogP contribution >= 0.6 is 11.3 Å². The van der Waals surface area contributed by atoms with Crippen molar-refractivity contribution in [3.05, 3.63) is 73.5 Å². The maximum atomic E-state index is 13.1. The number of hydrogen-bond acceptors (Lipinski definition) is 5. The molecule has 0 saturated carbocycles. The molecule has 2 heterocycles. The molecule has 1 N–H and O–H groups in total. The smallest absolute Gasteiger partial charge is 0.291 e. The lowest BCUT2D eigenvalue weighted by atomic mass is 9.78. The molecule has 166 valence electrons. The number of aromatic nitrogens is 3. The summed E-state index contributed by atoms with van der Waals surface area (Å²) in [6.07, 6.45) is 1.88. The monoisotopic (exact) mass is 447 g/mol. The summed E-state index contributed by atoms with van der Waals surface area (Å²) in [6, 6.07) is 11.8. The molecule has 0 fully saturated rings. The highest BCUT2D eigenvalue weighted by molar-refractivity contribution is 7.15. The van der Waals surface area contributed by atoms with Crippen LogP contribution in [0.3, 0.4) is 0 Å². The number of rotatable bonds is 2. The highest BCUT2D eigenvalue weighted by Crippen LogP contribution is 2.39. The molecule has 4 rings (SSSR count). The standard InChI is InChI=1S/C26H29N3O2S/c1-15-10-8-9-11-17(15)22-27-24-29(28-22)23(31)20(32-24)14-16-12-18(25(2,3)4)21(30)19(13-16)26(5,6)7/h8-14,30H,1-7H3. The number of phenols is 1. The van der Waals surface area contributed by atoms with E-state index < -0.39 is 0 Å². The largest absolute Gasteiger partial charge is 0.507 e. The SMILES string of the molecule is Cc1ccccc1-c1nc2sc(=Cc3cc(C(C)(C)C)c(O)c(C(C)(C)C)c3)c(=O)n2n1. The first kappa shape index (κ1) is 22.2. The Bertz CT molecular complexity index is 1400. The number of phenolic OH excluding ortho intramolecular Hbond substituents is 1. The van der Waals surface area contributed by atoms with Gasteiger partial charge in [-0.3, -0.25) is 4.79 Å². The predicted molar refractivity (Wildman–Crippen MR) is 132 cm³/mol. The van der Waals surface area contributed by atoms with E-state index in [1.807, 2.05) is 49.4 Å². The van der Waals surface area contributed by atoms with Crippen molar-refractivity contribution in [1.29, 1.82) is 0 Å². The lowest BCUT2D eigenvalue weighted by Crippen LogP contribution is -2.24. The fourth-order valence-electron chi connectivity index (χ4n) is 3.81. The van der Waals surface area contributed by atoms with E-state index in [2.05, 4.69) is 51.6 Å². The van der Waals surface area contributed by atoms with Crippen LogP contribution < -0.4 is 10.1 Å². The van der Waals surface area contributed by atoms with Crippen molar-refractivity contribution in [2.45, 2.75) is 59.3 Å². The van der Waals surface area contributed by atoms with Crippen LogP contribution in [-0.2, 0) is 10.8 Å². The van der Waals surface area contributed by atoms with Crippen LogP contribution in [0.25, 0.3) is 22.4 Å². The molecule has 0 radical (unpaired) electrons. The van der Waals surface area contributed by atoms with Crippen molar-refractivity contribution >= 4 is 22.4 Å². The first-order chi connectivity index (χ1) is 14.9. The second kappa shape index (κ2) is 7.55. The Balaban J connectivity index is 1.88. The van der Waals surface area contributed by atoms with Gasteiger partial charge in [0.2, 0.25) is 4.96 Å². The van der Waals surface area contributed by atoms with E-state index in [9.17, 15) is 9.90 Å². The molecule has 0 aliphatic heterocycles. The summed E-state index contributed by atoms with van der Waals surface area (Å²) in [5.41, 5.74) is 3.97. The fourth-order valence-corrected chi connectivity index (χ4v) is 4.71. The third-order valence-corrected chi connectivity index (χ3v) is 6.57. The van der Waals surface area contributed by atoms with E-state index in [0.717, 1.165) is 27.8 Å². The third-order valence-electron chi connectivity index (χ3n) is 5.61. The highest BCUT2D eigenvalue weighted by atomic mass is 32.1. The highest BCUT2D eigenvalue weighted by Gasteiger charge is 2.26. The second-order valence-electron chi connectivity index (χ2n) is 10.3. The van der Waals surface area contributed by atoms with Gasteiger partial charge in [-0.1, -0.05) is 77.1 Å². The summed E-state index contributed by atoms with van der Waals surface area (Å²) in [7, 11) is 0. The van der Waals surface area contributed by atoms with Gasteiger partial charge in [-0.05, 0) is 47.1 Å². The molecule has 5 nitrogen and oxygen atoms in total. The van der Waals surface area contributed by atoms with E-state index >= 15 is 0 Å². The van der Waals surface area contributed by atoms with Crippen LogP contribution in [0.4, 0.5) is 0 Å². The minimum absolute atomic E-state index is 0.181. The molecule has 0 spiro atoms. The molecule has 0 amide bonds. The molecule has 0 atom stereocenters. The van der Waals surface area contributed by atoms with Gasteiger partial charge in [-0.25, -0.2) is 0 Å². The molecule has 0 unspecified atom stereocenters. The molecule has 4 aromatic rings. The zero-order chi connectivity index (χ0) is 23.4. The number of fused-ring (bicyclic) bond motifs is 1. The Labute approximate surface area is 192 Å². The third kappa shape index (κ3) is 3.95. The number of aromatic hydroxyl groups is 1. The van der Waals surface area contributed by atoms with E-state index in [0.29, 0.717) is 21.1 Å². The molecule has 0 aliphatic rings. The number of aryl methyl sites for hydroxylation is 1. The van der Waals surface area contributed by atoms with Crippen molar-refractivity contribution < 1.29 is 5.11 Å².